The zero-order valence-electron chi connectivity index (χ0n) is 10.1. The SMILES string of the molecule is CN(CCN1CCCCC1)c1cccnc1. The van der Waals surface area contributed by atoms with Crippen LogP contribution in [0, 0.1) is 0 Å². The van der Waals surface area contributed by atoms with E-state index in [-0.39, 0.29) is 0 Å². The molecule has 1 aliphatic heterocycles. The molecule has 16 heavy (non-hydrogen) atoms. The van der Waals surface area contributed by atoms with Crippen LogP contribution in [0.1, 0.15) is 19.3 Å². The Kier molecular flexibility index (Phi) is 4.17. The third kappa shape index (κ3) is 3.20. The van der Waals surface area contributed by atoms with E-state index < -0.39 is 0 Å². The number of hydrogen-bond donors (Lipinski definition) is 0. The molecular formula is C13H21N3. The molecule has 1 fully saturated rings. The second-order valence-corrected chi connectivity index (χ2v) is 4.54. The maximum Gasteiger partial charge on any atom is 0.0550 e. The van der Waals surface area contributed by atoms with Gasteiger partial charge in [0.2, 0.25) is 0 Å². The topological polar surface area (TPSA) is 19.4 Å². The van der Waals surface area contributed by atoms with E-state index in [1.807, 2.05) is 18.5 Å². The number of pyridine rings is 1. The zero-order chi connectivity index (χ0) is 11.2. The molecule has 1 aromatic rings. The van der Waals surface area contributed by atoms with E-state index in [9.17, 15) is 0 Å². The molecule has 0 amide bonds. The van der Waals surface area contributed by atoms with Gasteiger partial charge in [0.15, 0.2) is 0 Å². The van der Waals surface area contributed by atoms with Gasteiger partial charge in [-0.05, 0) is 38.1 Å². The van der Waals surface area contributed by atoms with Crippen LogP contribution in [0.15, 0.2) is 24.5 Å². The molecule has 3 nitrogen and oxygen atoms in total. The Bertz CT molecular complexity index is 293. The first-order valence-electron chi connectivity index (χ1n) is 6.20. The second-order valence-electron chi connectivity index (χ2n) is 4.54. The summed E-state index contributed by atoms with van der Waals surface area (Å²) >= 11 is 0. The highest BCUT2D eigenvalue weighted by atomic mass is 15.2. The zero-order valence-corrected chi connectivity index (χ0v) is 10.1. The van der Waals surface area contributed by atoms with Gasteiger partial charge in [0.05, 0.1) is 11.9 Å². The minimum absolute atomic E-state index is 1.09. The number of aromatic nitrogens is 1. The Morgan fingerprint density at radius 2 is 2.12 bits per heavy atom. The van der Waals surface area contributed by atoms with E-state index in [2.05, 4.69) is 27.9 Å². The number of likely N-dealkylation sites (tertiary alicyclic amines) is 1. The van der Waals surface area contributed by atoms with Gasteiger partial charge in [-0.25, -0.2) is 0 Å². The van der Waals surface area contributed by atoms with Gasteiger partial charge in [-0.15, -0.1) is 0 Å². The third-order valence-electron chi connectivity index (χ3n) is 3.29. The van der Waals surface area contributed by atoms with Gasteiger partial charge in [0.25, 0.3) is 0 Å². The van der Waals surface area contributed by atoms with Crippen LogP contribution in [0.5, 0.6) is 0 Å². The maximum atomic E-state index is 4.15. The molecule has 0 saturated carbocycles. The molecule has 1 aliphatic rings. The molecule has 0 atom stereocenters. The van der Waals surface area contributed by atoms with Crippen LogP contribution in [0.4, 0.5) is 5.69 Å². The van der Waals surface area contributed by atoms with Crippen LogP contribution in [0.3, 0.4) is 0 Å². The molecule has 1 saturated heterocycles. The summed E-state index contributed by atoms with van der Waals surface area (Å²) in [6.45, 7) is 4.82. The monoisotopic (exact) mass is 219 g/mol. The number of hydrogen-bond acceptors (Lipinski definition) is 3. The average molecular weight is 219 g/mol. The van der Waals surface area contributed by atoms with Crippen molar-refractivity contribution in [2.24, 2.45) is 0 Å². The maximum absolute atomic E-state index is 4.15. The summed E-state index contributed by atoms with van der Waals surface area (Å²) < 4.78 is 0. The van der Waals surface area contributed by atoms with E-state index in [4.69, 9.17) is 0 Å². The molecular weight excluding hydrogens is 198 g/mol. The first-order valence-corrected chi connectivity index (χ1v) is 6.20. The van der Waals surface area contributed by atoms with Crippen LogP contribution in [0.2, 0.25) is 0 Å². The normalized spacial score (nSPS) is 17.3. The van der Waals surface area contributed by atoms with Crippen LogP contribution < -0.4 is 4.90 Å². The first-order chi connectivity index (χ1) is 7.86. The van der Waals surface area contributed by atoms with Gasteiger partial charge >= 0.3 is 0 Å². The van der Waals surface area contributed by atoms with E-state index in [1.54, 1.807) is 0 Å². The number of anilines is 1. The second kappa shape index (κ2) is 5.85. The van der Waals surface area contributed by atoms with Crippen LogP contribution in [-0.4, -0.2) is 43.1 Å². The van der Waals surface area contributed by atoms with Crippen molar-refractivity contribution in [3.8, 4) is 0 Å². The van der Waals surface area contributed by atoms with Crippen molar-refractivity contribution >= 4 is 5.69 Å². The van der Waals surface area contributed by atoms with Crippen LogP contribution >= 0.6 is 0 Å². The van der Waals surface area contributed by atoms with E-state index >= 15 is 0 Å². The number of nitrogens with zero attached hydrogens (tertiary/aromatic N) is 3. The lowest BCUT2D eigenvalue weighted by Crippen LogP contribution is -2.36. The number of likely N-dealkylation sites (N-methyl/N-ethyl adjacent to an activating group) is 1. The molecule has 1 aromatic heterocycles. The fraction of sp³-hybridized carbons (Fsp3) is 0.615. The molecule has 0 unspecified atom stereocenters. The number of piperidine rings is 1. The van der Waals surface area contributed by atoms with Crippen LogP contribution in [0.25, 0.3) is 0 Å². The van der Waals surface area contributed by atoms with Crippen molar-refractivity contribution in [2.75, 3.05) is 38.1 Å². The van der Waals surface area contributed by atoms with Gasteiger partial charge < -0.3 is 9.80 Å². The van der Waals surface area contributed by atoms with Gasteiger partial charge in [0.1, 0.15) is 0 Å². The molecule has 0 spiro atoms. The predicted molar refractivity (Wildman–Crippen MR) is 67.8 cm³/mol. The standard InChI is InChI=1S/C13H21N3/c1-15(13-6-5-7-14-12-13)10-11-16-8-3-2-4-9-16/h5-7,12H,2-4,8-11H2,1H3. The van der Waals surface area contributed by atoms with Crippen molar-refractivity contribution in [3.05, 3.63) is 24.5 Å². The minimum atomic E-state index is 1.09. The summed E-state index contributed by atoms with van der Waals surface area (Å²) in [6.07, 6.45) is 7.90. The van der Waals surface area contributed by atoms with Crippen molar-refractivity contribution in [2.45, 2.75) is 19.3 Å². The quantitative estimate of drug-likeness (QED) is 0.772. The lowest BCUT2D eigenvalue weighted by atomic mass is 10.1. The minimum Gasteiger partial charge on any atom is -0.372 e. The van der Waals surface area contributed by atoms with Crippen LogP contribution in [-0.2, 0) is 0 Å². The molecule has 0 radical (unpaired) electrons. The Morgan fingerprint density at radius 3 is 2.81 bits per heavy atom. The van der Waals surface area contributed by atoms with Gasteiger partial charge in [0, 0.05) is 26.3 Å². The average Bonchev–Trinajstić information content (AvgIpc) is 2.38. The molecule has 0 N–H and O–H groups in total. The highest BCUT2D eigenvalue weighted by Gasteiger charge is 2.10. The Balaban J connectivity index is 1.77. The lowest BCUT2D eigenvalue weighted by molar-refractivity contribution is 0.234. The molecule has 88 valence electrons. The van der Waals surface area contributed by atoms with E-state index in [1.165, 1.54) is 44.6 Å². The highest BCUT2D eigenvalue weighted by Crippen LogP contribution is 2.11. The summed E-state index contributed by atoms with van der Waals surface area (Å²) in [5, 5.41) is 0. The fourth-order valence-corrected chi connectivity index (χ4v) is 2.18. The van der Waals surface area contributed by atoms with Crippen molar-refractivity contribution in [3.63, 3.8) is 0 Å². The first kappa shape index (κ1) is 11.4. The fourth-order valence-electron chi connectivity index (χ4n) is 2.18. The molecule has 0 aromatic carbocycles. The molecule has 3 heteroatoms. The van der Waals surface area contributed by atoms with E-state index in [0.29, 0.717) is 0 Å². The Hall–Kier alpha value is -1.09. The molecule has 0 aliphatic carbocycles. The summed E-state index contributed by atoms with van der Waals surface area (Å²) in [5.74, 6) is 0. The highest BCUT2D eigenvalue weighted by molar-refractivity contribution is 5.42. The number of rotatable bonds is 4. The molecule has 2 heterocycles. The summed E-state index contributed by atoms with van der Waals surface area (Å²) in [5.41, 5.74) is 1.21. The summed E-state index contributed by atoms with van der Waals surface area (Å²) in [6, 6.07) is 4.11. The van der Waals surface area contributed by atoms with Crippen molar-refractivity contribution in [1.82, 2.24) is 9.88 Å². The lowest BCUT2D eigenvalue weighted by Gasteiger charge is -2.29. The largest absolute Gasteiger partial charge is 0.372 e. The smallest absolute Gasteiger partial charge is 0.0550 e. The van der Waals surface area contributed by atoms with Crippen molar-refractivity contribution in [1.29, 1.82) is 0 Å². The summed E-state index contributed by atoms with van der Waals surface area (Å²) in [7, 11) is 2.14. The molecule has 0 bridgehead atoms. The third-order valence-corrected chi connectivity index (χ3v) is 3.29. The van der Waals surface area contributed by atoms with E-state index in [0.717, 1.165) is 6.54 Å². The van der Waals surface area contributed by atoms with Crippen molar-refractivity contribution < 1.29 is 0 Å². The van der Waals surface area contributed by atoms with Gasteiger partial charge in [-0.1, -0.05) is 6.42 Å². The predicted octanol–water partition coefficient (Wildman–Crippen LogP) is 2.00. The summed E-state index contributed by atoms with van der Waals surface area (Å²) in [4.78, 5) is 8.99. The van der Waals surface area contributed by atoms with Gasteiger partial charge in [-0.3, -0.25) is 4.98 Å². The molecule has 2 rings (SSSR count). The Morgan fingerprint density at radius 1 is 1.31 bits per heavy atom. The van der Waals surface area contributed by atoms with Gasteiger partial charge in [-0.2, -0.15) is 0 Å². The Labute approximate surface area is 98.1 Å².